The highest BCUT2D eigenvalue weighted by Crippen LogP contribution is 2.27. The lowest BCUT2D eigenvalue weighted by molar-refractivity contribution is 1.02. The van der Waals surface area contributed by atoms with Gasteiger partial charge in [-0.3, -0.25) is 4.98 Å². The molecule has 0 N–H and O–H groups in total. The van der Waals surface area contributed by atoms with Crippen LogP contribution < -0.4 is 0 Å². The monoisotopic (exact) mass is 244 g/mol. The number of nitrogens with zero attached hydrogens (tertiary/aromatic N) is 2. The smallest absolute Gasteiger partial charge is 0.102 e. The quantitative estimate of drug-likeness (QED) is 0.763. The van der Waals surface area contributed by atoms with E-state index in [0.717, 1.165) is 16.6 Å². The Morgan fingerprint density at radius 1 is 1.75 bits per heavy atom. The Morgan fingerprint density at radius 2 is 2.42 bits per heavy atom. The molecule has 0 saturated heterocycles. The van der Waals surface area contributed by atoms with E-state index in [9.17, 15) is 0 Å². The maximum absolute atomic E-state index is 8.61. The minimum atomic E-state index is 0.403. The second-order valence-corrected chi connectivity index (χ2v) is 3.38. The molecule has 2 nitrogen and oxygen atoms in total. The van der Waals surface area contributed by atoms with Crippen LogP contribution >= 0.6 is 27.5 Å². The largest absolute Gasteiger partial charge is 0.259 e. The molecule has 1 rings (SSSR count). The lowest BCUT2D eigenvalue weighted by Gasteiger charge is -2.02. The van der Waals surface area contributed by atoms with Crippen LogP contribution in [0.1, 0.15) is 18.2 Å². The van der Waals surface area contributed by atoms with E-state index in [0.29, 0.717) is 10.6 Å². The number of halogens is 2. The van der Waals surface area contributed by atoms with E-state index in [1.54, 1.807) is 0 Å². The molecule has 12 heavy (non-hydrogen) atoms. The summed E-state index contributed by atoms with van der Waals surface area (Å²) < 4.78 is 0.728. The van der Waals surface area contributed by atoms with E-state index in [2.05, 4.69) is 20.9 Å². The Morgan fingerprint density at radius 3 is 2.92 bits per heavy atom. The van der Waals surface area contributed by atoms with Crippen molar-refractivity contribution >= 4 is 27.5 Å². The van der Waals surface area contributed by atoms with Gasteiger partial charge in [0, 0.05) is 6.20 Å². The first-order chi connectivity index (χ1) is 5.70. The van der Waals surface area contributed by atoms with E-state index >= 15 is 0 Å². The molecule has 0 aromatic carbocycles. The summed E-state index contributed by atoms with van der Waals surface area (Å²) in [4.78, 5) is 4.07. The molecule has 0 radical (unpaired) electrons. The van der Waals surface area contributed by atoms with Gasteiger partial charge in [0.05, 0.1) is 20.8 Å². The Balaban J connectivity index is 3.32. The Hall–Kier alpha value is -0.590. The van der Waals surface area contributed by atoms with Gasteiger partial charge in [-0.2, -0.15) is 5.26 Å². The molecule has 0 aliphatic rings. The number of hydrogen-bond donors (Lipinski definition) is 0. The fourth-order valence-corrected chi connectivity index (χ4v) is 1.62. The second kappa shape index (κ2) is 3.88. The van der Waals surface area contributed by atoms with Gasteiger partial charge in [-0.25, -0.2) is 0 Å². The first-order valence-electron chi connectivity index (χ1n) is 3.43. The molecule has 0 aliphatic heterocycles. The average molecular weight is 246 g/mol. The zero-order chi connectivity index (χ0) is 9.14. The highest BCUT2D eigenvalue weighted by Gasteiger charge is 2.08. The van der Waals surface area contributed by atoms with Crippen molar-refractivity contribution in [1.82, 2.24) is 4.98 Å². The Bertz CT molecular complexity index is 344. The Labute approximate surface area is 84.3 Å². The van der Waals surface area contributed by atoms with Gasteiger partial charge in [-0.15, -0.1) is 0 Å². The lowest BCUT2D eigenvalue weighted by atomic mass is 10.2. The van der Waals surface area contributed by atoms with Crippen molar-refractivity contribution in [3.8, 4) is 6.07 Å². The summed E-state index contributed by atoms with van der Waals surface area (Å²) in [6.07, 6.45) is 2.29. The first kappa shape index (κ1) is 9.50. The summed E-state index contributed by atoms with van der Waals surface area (Å²) in [6.45, 7) is 1.98. The van der Waals surface area contributed by atoms with E-state index in [1.165, 1.54) is 6.20 Å². The van der Waals surface area contributed by atoms with Crippen LogP contribution in [0.3, 0.4) is 0 Å². The fraction of sp³-hybridized carbons (Fsp3) is 0.250. The topological polar surface area (TPSA) is 36.7 Å². The van der Waals surface area contributed by atoms with Gasteiger partial charge < -0.3 is 0 Å². The Kier molecular flexibility index (Phi) is 3.07. The highest BCUT2D eigenvalue weighted by atomic mass is 79.9. The van der Waals surface area contributed by atoms with Crippen LogP contribution in [0, 0.1) is 11.3 Å². The number of nitriles is 1. The number of pyridine rings is 1. The molecular formula is C8H6BrClN2. The summed E-state index contributed by atoms with van der Waals surface area (Å²) in [5.41, 5.74) is 1.28. The van der Waals surface area contributed by atoms with Gasteiger partial charge in [-0.05, 0) is 22.4 Å². The van der Waals surface area contributed by atoms with E-state index in [4.69, 9.17) is 16.9 Å². The zero-order valence-corrected chi connectivity index (χ0v) is 8.78. The SMILES string of the molecule is CCc1ncc(C#N)c(Cl)c1Br. The maximum atomic E-state index is 8.61. The third kappa shape index (κ3) is 1.60. The van der Waals surface area contributed by atoms with E-state index in [1.807, 2.05) is 13.0 Å². The number of aromatic nitrogens is 1. The highest BCUT2D eigenvalue weighted by molar-refractivity contribution is 9.10. The summed E-state index contributed by atoms with van der Waals surface area (Å²) in [7, 11) is 0. The van der Waals surface area contributed by atoms with Gasteiger partial charge in [0.1, 0.15) is 6.07 Å². The van der Waals surface area contributed by atoms with Crippen LogP contribution in [-0.2, 0) is 6.42 Å². The van der Waals surface area contributed by atoms with Crippen molar-refractivity contribution < 1.29 is 0 Å². The fourth-order valence-electron chi connectivity index (χ4n) is 0.825. The molecule has 0 aliphatic carbocycles. The molecule has 0 fully saturated rings. The molecule has 4 heteroatoms. The second-order valence-electron chi connectivity index (χ2n) is 2.21. The van der Waals surface area contributed by atoms with Crippen molar-refractivity contribution in [2.75, 3.05) is 0 Å². The zero-order valence-electron chi connectivity index (χ0n) is 6.43. The summed E-state index contributed by atoms with van der Waals surface area (Å²) in [5, 5.41) is 9.06. The van der Waals surface area contributed by atoms with Gasteiger partial charge in [0.15, 0.2) is 0 Å². The van der Waals surface area contributed by atoms with Crippen LogP contribution in [0.5, 0.6) is 0 Å². The van der Waals surface area contributed by atoms with Crippen molar-refractivity contribution in [2.45, 2.75) is 13.3 Å². The summed E-state index contributed by atoms with van der Waals surface area (Å²) in [5.74, 6) is 0. The molecule has 62 valence electrons. The predicted molar refractivity (Wildman–Crippen MR) is 51.0 cm³/mol. The molecule has 0 amide bonds. The molecule has 0 saturated carbocycles. The van der Waals surface area contributed by atoms with Gasteiger partial charge >= 0.3 is 0 Å². The molecule has 0 spiro atoms. The summed E-state index contributed by atoms with van der Waals surface area (Å²) in [6, 6.07) is 1.96. The van der Waals surface area contributed by atoms with E-state index < -0.39 is 0 Å². The summed E-state index contributed by atoms with van der Waals surface area (Å²) >= 11 is 9.15. The van der Waals surface area contributed by atoms with Gasteiger partial charge in [-0.1, -0.05) is 18.5 Å². The third-order valence-electron chi connectivity index (χ3n) is 1.49. The first-order valence-corrected chi connectivity index (χ1v) is 4.60. The maximum Gasteiger partial charge on any atom is 0.102 e. The lowest BCUT2D eigenvalue weighted by Crippen LogP contribution is -1.91. The normalized spacial score (nSPS) is 9.50. The standard InChI is InChI=1S/C8H6BrClN2/c1-2-6-7(9)8(10)5(3-11)4-12-6/h4H,2H2,1H3. The minimum absolute atomic E-state index is 0.403. The van der Waals surface area contributed by atoms with E-state index in [-0.39, 0.29) is 0 Å². The average Bonchev–Trinajstić information content (AvgIpc) is 2.10. The molecule has 1 aromatic rings. The van der Waals surface area contributed by atoms with Crippen molar-refractivity contribution in [2.24, 2.45) is 0 Å². The van der Waals surface area contributed by atoms with Crippen LogP contribution in [0.4, 0.5) is 0 Å². The molecule has 1 heterocycles. The number of aryl methyl sites for hydroxylation is 1. The molecule has 0 unspecified atom stereocenters. The van der Waals surface area contributed by atoms with Crippen molar-refractivity contribution in [3.05, 3.63) is 26.9 Å². The molecule has 0 atom stereocenters. The van der Waals surface area contributed by atoms with Crippen LogP contribution in [-0.4, -0.2) is 4.98 Å². The van der Waals surface area contributed by atoms with Crippen molar-refractivity contribution in [3.63, 3.8) is 0 Å². The number of hydrogen-bond acceptors (Lipinski definition) is 2. The van der Waals surface area contributed by atoms with Crippen LogP contribution in [0.25, 0.3) is 0 Å². The minimum Gasteiger partial charge on any atom is -0.259 e. The number of rotatable bonds is 1. The molecule has 0 bridgehead atoms. The van der Waals surface area contributed by atoms with Crippen LogP contribution in [0.15, 0.2) is 10.7 Å². The third-order valence-corrected chi connectivity index (χ3v) is 2.96. The molecule has 1 aromatic heterocycles. The van der Waals surface area contributed by atoms with Gasteiger partial charge in [0.2, 0.25) is 0 Å². The predicted octanol–water partition coefficient (Wildman–Crippen LogP) is 2.93. The van der Waals surface area contributed by atoms with Crippen molar-refractivity contribution in [1.29, 1.82) is 5.26 Å². The van der Waals surface area contributed by atoms with Gasteiger partial charge in [0.25, 0.3) is 0 Å². The molecular weight excluding hydrogens is 239 g/mol. The van der Waals surface area contributed by atoms with Crippen LogP contribution in [0.2, 0.25) is 5.02 Å².